The molecule has 0 fully saturated rings. The maximum atomic E-state index is 12.3. The standard InChI is InChI=1S/C19H21BrN2O3/c1-13-3-5-16(15(20)9-13)21-19(23)12-22(2)11-14-4-6-17-18(10-14)25-8-7-24-17/h3-6,9-10H,7-8,11-12H2,1-2H3,(H,21,23). The van der Waals surface area contributed by atoms with Crippen LogP contribution in [0.15, 0.2) is 40.9 Å². The van der Waals surface area contributed by atoms with Crippen molar-refractivity contribution in [3.8, 4) is 11.5 Å². The summed E-state index contributed by atoms with van der Waals surface area (Å²) in [7, 11) is 1.92. The Bertz CT molecular complexity index is 779. The van der Waals surface area contributed by atoms with Gasteiger partial charge in [0.1, 0.15) is 13.2 Å². The second kappa shape index (κ2) is 7.89. The van der Waals surface area contributed by atoms with Crippen molar-refractivity contribution >= 4 is 27.5 Å². The van der Waals surface area contributed by atoms with Gasteiger partial charge in [0.15, 0.2) is 11.5 Å². The van der Waals surface area contributed by atoms with E-state index in [2.05, 4.69) is 21.2 Å². The van der Waals surface area contributed by atoms with Gasteiger partial charge in [0.05, 0.1) is 12.2 Å². The molecule has 1 aliphatic rings. The summed E-state index contributed by atoms with van der Waals surface area (Å²) in [6, 6.07) is 11.7. The molecule has 1 aliphatic heterocycles. The number of hydrogen-bond acceptors (Lipinski definition) is 4. The van der Waals surface area contributed by atoms with Gasteiger partial charge in [-0.25, -0.2) is 0 Å². The predicted molar refractivity (Wildman–Crippen MR) is 101 cm³/mol. The highest BCUT2D eigenvalue weighted by molar-refractivity contribution is 9.10. The van der Waals surface area contributed by atoms with Gasteiger partial charge in [-0.3, -0.25) is 9.69 Å². The van der Waals surface area contributed by atoms with Crippen molar-refractivity contribution in [2.45, 2.75) is 13.5 Å². The number of nitrogens with one attached hydrogen (secondary N) is 1. The Balaban J connectivity index is 1.56. The van der Waals surface area contributed by atoms with Crippen LogP contribution in [-0.2, 0) is 11.3 Å². The van der Waals surface area contributed by atoms with Crippen molar-refractivity contribution in [3.05, 3.63) is 52.0 Å². The van der Waals surface area contributed by atoms with E-state index < -0.39 is 0 Å². The molecule has 6 heteroatoms. The van der Waals surface area contributed by atoms with Crippen LogP contribution in [0.1, 0.15) is 11.1 Å². The molecule has 0 unspecified atom stereocenters. The van der Waals surface area contributed by atoms with Crippen LogP contribution in [-0.4, -0.2) is 37.6 Å². The Kier molecular flexibility index (Phi) is 5.60. The summed E-state index contributed by atoms with van der Waals surface area (Å²) in [6.07, 6.45) is 0. The Morgan fingerprint density at radius 1 is 1.16 bits per heavy atom. The molecule has 0 saturated heterocycles. The molecule has 0 radical (unpaired) electrons. The summed E-state index contributed by atoms with van der Waals surface area (Å²) in [5.41, 5.74) is 3.00. The van der Waals surface area contributed by atoms with Gasteiger partial charge >= 0.3 is 0 Å². The lowest BCUT2D eigenvalue weighted by Gasteiger charge is -2.21. The quantitative estimate of drug-likeness (QED) is 0.826. The van der Waals surface area contributed by atoms with Crippen molar-refractivity contribution < 1.29 is 14.3 Å². The number of ether oxygens (including phenoxy) is 2. The van der Waals surface area contributed by atoms with E-state index in [0.717, 1.165) is 32.8 Å². The van der Waals surface area contributed by atoms with E-state index >= 15 is 0 Å². The molecule has 0 saturated carbocycles. The highest BCUT2D eigenvalue weighted by Gasteiger charge is 2.14. The zero-order valence-electron chi connectivity index (χ0n) is 14.3. The molecular formula is C19H21BrN2O3. The minimum absolute atomic E-state index is 0.0513. The van der Waals surface area contributed by atoms with E-state index in [-0.39, 0.29) is 5.91 Å². The lowest BCUT2D eigenvalue weighted by Crippen LogP contribution is -2.30. The number of aryl methyl sites for hydroxylation is 1. The minimum Gasteiger partial charge on any atom is -0.486 e. The fraction of sp³-hybridized carbons (Fsp3) is 0.316. The first kappa shape index (κ1) is 17.8. The summed E-state index contributed by atoms with van der Waals surface area (Å²) >= 11 is 3.48. The predicted octanol–water partition coefficient (Wildman–Crippen LogP) is 3.60. The second-order valence-corrected chi connectivity index (χ2v) is 7.04. The number of rotatable bonds is 5. The van der Waals surface area contributed by atoms with E-state index in [0.29, 0.717) is 26.3 Å². The Labute approximate surface area is 156 Å². The number of carbonyl (C=O) groups is 1. The van der Waals surface area contributed by atoms with E-state index in [9.17, 15) is 4.79 Å². The molecular weight excluding hydrogens is 384 g/mol. The third-order valence-electron chi connectivity index (χ3n) is 3.87. The topological polar surface area (TPSA) is 50.8 Å². The van der Waals surface area contributed by atoms with E-state index in [1.54, 1.807) is 0 Å². The Hall–Kier alpha value is -2.05. The average Bonchev–Trinajstić information content (AvgIpc) is 2.57. The molecule has 0 spiro atoms. The minimum atomic E-state index is -0.0513. The van der Waals surface area contributed by atoms with Crippen LogP contribution in [0.2, 0.25) is 0 Å². The van der Waals surface area contributed by atoms with Gasteiger partial charge in [-0.15, -0.1) is 0 Å². The SMILES string of the molecule is Cc1ccc(NC(=O)CN(C)Cc2ccc3c(c2)OCCO3)c(Br)c1. The molecule has 5 nitrogen and oxygen atoms in total. The number of anilines is 1. The van der Waals surface area contributed by atoms with E-state index in [4.69, 9.17) is 9.47 Å². The van der Waals surface area contributed by atoms with Gasteiger partial charge in [-0.05, 0) is 65.3 Å². The summed E-state index contributed by atoms with van der Waals surface area (Å²) in [4.78, 5) is 14.2. The maximum Gasteiger partial charge on any atom is 0.238 e. The van der Waals surface area contributed by atoms with Crippen molar-refractivity contribution in [2.75, 3.05) is 32.1 Å². The molecule has 2 aromatic carbocycles. The Morgan fingerprint density at radius 2 is 1.92 bits per heavy atom. The summed E-state index contributed by atoms with van der Waals surface area (Å²) < 4.78 is 12.0. The van der Waals surface area contributed by atoms with Gasteiger partial charge in [-0.1, -0.05) is 12.1 Å². The van der Waals surface area contributed by atoms with Crippen molar-refractivity contribution in [3.63, 3.8) is 0 Å². The third-order valence-corrected chi connectivity index (χ3v) is 4.53. The molecule has 0 aromatic heterocycles. The number of carbonyl (C=O) groups excluding carboxylic acids is 1. The zero-order chi connectivity index (χ0) is 17.8. The van der Waals surface area contributed by atoms with Crippen molar-refractivity contribution in [2.24, 2.45) is 0 Å². The lowest BCUT2D eigenvalue weighted by molar-refractivity contribution is -0.117. The van der Waals surface area contributed by atoms with Crippen LogP contribution in [0.5, 0.6) is 11.5 Å². The third kappa shape index (κ3) is 4.74. The summed E-state index contributed by atoms with van der Waals surface area (Å²) in [6.45, 7) is 4.12. The molecule has 0 aliphatic carbocycles. The molecule has 1 amide bonds. The molecule has 3 rings (SSSR count). The van der Waals surface area contributed by atoms with Crippen LogP contribution in [0.25, 0.3) is 0 Å². The number of halogens is 1. The number of hydrogen-bond donors (Lipinski definition) is 1. The first-order valence-electron chi connectivity index (χ1n) is 8.14. The molecule has 2 aromatic rings. The van der Waals surface area contributed by atoms with Gasteiger partial charge < -0.3 is 14.8 Å². The van der Waals surface area contributed by atoms with Gasteiger partial charge in [0, 0.05) is 11.0 Å². The van der Waals surface area contributed by atoms with Gasteiger partial charge in [0.25, 0.3) is 0 Å². The molecule has 0 atom stereocenters. The molecule has 1 heterocycles. The maximum absolute atomic E-state index is 12.3. The monoisotopic (exact) mass is 404 g/mol. The smallest absolute Gasteiger partial charge is 0.238 e. The van der Waals surface area contributed by atoms with E-state index in [1.807, 2.05) is 55.3 Å². The fourth-order valence-corrected chi connectivity index (χ4v) is 3.30. The zero-order valence-corrected chi connectivity index (χ0v) is 15.9. The molecule has 25 heavy (non-hydrogen) atoms. The van der Waals surface area contributed by atoms with E-state index in [1.165, 1.54) is 0 Å². The molecule has 132 valence electrons. The number of benzene rings is 2. The lowest BCUT2D eigenvalue weighted by atomic mass is 10.2. The van der Waals surface area contributed by atoms with Crippen molar-refractivity contribution in [1.29, 1.82) is 0 Å². The second-order valence-electron chi connectivity index (χ2n) is 6.18. The molecule has 1 N–H and O–H groups in total. The highest BCUT2D eigenvalue weighted by Crippen LogP contribution is 2.31. The summed E-state index contributed by atoms with van der Waals surface area (Å²) in [5.74, 6) is 1.49. The largest absolute Gasteiger partial charge is 0.486 e. The van der Waals surface area contributed by atoms with Crippen LogP contribution in [0, 0.1) is 6.92 Å². The number of fused-ring (bicyclic) bond motifs is 1. The average molecular weight is 405 g/mol. The first-order chi connectivity index (χ1) is 12.0. The fourth-order valence-electron chi connectivity index (χ4n) is 2.71. The van der Waals surface area contributed by atoms with Crippen LogP contribution in [0.3, 0.4) is 0 Å². The van der Waals surface area contributed by atoms with Crippen LogP contribution >= 0.6 is 15.9 Å². The van der Waals surface area contributed by atoms with Crippen LogP contribution < -0.4 is 14.8 Å². The summed E-state index contributed by atoms with van der Waals surface area (Å²) in [5, 5.41) is 2.93. The highest BCUT2D eigenvalue weighted by atomic mass is 79.9. The Morgan fingerprint density at radius 3 is 2.68 bits per heavy atom. The van der Waals surface area contributed by atoms with Crippen molar-refractivity contribution in [1.82, 2.24) is 4.90 Å². The number of likely N-dealkylation sites (N-methyl/N-ethyl adjacent to an activating group) is 1. The first-order valence-corrected chi connectivity index (χ1v) is 8.93. The normalized spacial score (nSPS) is 13.0. The van der Waals surface area contributed by atoms with Crippen LogP contribution in [0.4, 0.5) is 5.69 Å². The molecule has 0 bridgehead atoms. The number of nitrogens with zero attached hydrogens (tertiary/aromatic N) is 1. The van der Waals surface area contributed by atoms with Gasteiger partial charge in [0.2, 0.25) is 5.91 Å². The van der Waals surface area contributed by atoms with Gasteiger partial charge in [-0.2, -0.15) is 0 Å². The number of amides is 1.